The van der Waals surface area contributed by atoms with E-state index in [1.54, 1.807) is 12.0 Å². The first-order valence-electron chi connectivity index (χ1n) is 3.60. The van der Waals surface area contributed by atoms with Crippen LogP contribution in [-0.2, 0) is 4.74 Å². The van der Waals surface area contributed by atoms with E-state index in [0.717, 1.165) is 0 Å². The van der Waals surface area contributed by atoms with Gasteiger partial charge in [-0.05, 0) is 0 Å². The number of oxime groups is 1. The Hall–Kier alpha value is -1.10. The third-order valence-corrected chi connectivity index (χ3v) is 1.20. The van der Waals surface area contributed by atoms with Gasteiger partial charge in [-0.3, -0.25) is 4.99 Å². The van der Waals surface area contributed by atoms with Crippen molar-refractivity contribution in [1.29, 1.82) is 0 Å². The standard InChI is InChI=1S/C7H15N3O2/c1-10(2)7(6-9-11)8-4-5-12-3/h6,11H,4-5H2,1-3H3/b8-7?,9-6+. The Balaban J connectivity index is 4.00. The molecule has 0 saturated carbocycles. The van der Waals surface area contributed by atoms with Crippen molar-refractivity contribution < 1.29 is 9.94 Å². The highest BCUT2D eigenvalue weighted by atomic mass is 16.5. The Morgan fingerprint density at radius 1 is 1.58 bits per heavy atom. The quantitative estimate of drug-likeness (QED) is 0.215. The average molecular weight is 173 g/mol. The fraction of sp³-hybridized carbons (Fsp3) is 0.714. The number of ether oxygens (including phenoxy) is 1. The maximum absolute atomic E-state index is 8.27. The minimum absolute atomic E-state index is 0.566. The molecule has 0 aromatic heterocycles. The number of amidine groups is 1. The maximum atomic E-state index is 8.27. The minimum atomic E-state index is 0.566. The average Bonchev–Trinajstić information content (AvgIpc) is 2.03. The number of nitrogens with zero attached hydrogens (tertiary/aromatic N) is 3. The fourth-order valence-corrected chi connectivity index (χ4v) is 0.601. The molecule has 1 N–H and O–H groups in total. The van der Waals surface area contributed by atoms with E-state index in [1.807, 2.05) is 14.1 Å². The molecule has 0 bridgehead atoms. The van der Waals surface area contributed by atoms with Crippen LogP contribution >= 0.6 is 0 Å². The number of aliphatic imine (C=N–C) groups is 1. The van der Waals surface area contributed by atoms with Crippen LogP contribution in [0.4, 0.5) is 0 Å². The smallest absolute Gasteiger partial charge is 0.145 e. The summed E-state index contributed by atoms with van der Waals surface area (Å²) in [5, 5.41) is 11.2. The van der Waals surface area contributed by atoms with Gasteiger partial charge in [-0.25, -0.2) is 0 Å². The zero-order valence-corrected chi connectivity index (χ0v) is 7.69. The molecule has 0 heterocycles. The first kappa shape index (κ1) is 10.9. The highest BCUT2D eigenvalue weighted by Gasteiger charge is 1.96. The van der Waals surface area contributed by atoms with Crippen LogP contribution in [0.5, 0.6) is 0 Å². The molecule has 0 aliphatic carbocycles. The molecule has 12 heavy (non-hydrogen) atoms. The topological polar surface area (TPSA) is 57.4 Å². The van der Waals surface area contributed by atoms with Crippen LogP contribution in [0.1, 0.15) is 0 Å². The Labute approximate surface area is 72.3 Å². The fourth-order valence-electron chi connectivity index (χ4n) is 0.601. The molecule has 0 rings (SSSR count). The van der Waals surface area contributed by atoms with Gasteiger partial charge in [-0.15, -0.1) is 0 Å². The van der Waals surface area contributed by atoms with Crippen molar-refractivity contribution in [2.24, 2.45) is 10.1 Å². The van der Waals surface area contributed by atoms with Crippen LogP contribution in [0.25, 0.3) is 0 Å². The van der Waals surface area contributed by atoms with Gasteiger partial charge in [0.05, 0.1) is 13.2 Å². The normalized spacial score (nSPS) is 12.4. The predicted octanol–water partition coefficient (Wildman–Crippen LogP) is 0.0529. The van der Waals surface area contributed by atoms with Crippen LogP contribution < -0.4 is 0 Å². The lowest BCUT2D eigenvalue weighted by atomic mass is 10.5. The van der Waals surface area contributed by atoms with Gasteiger partial charge in [0, 0.05) is 21.2 Å². The summed E-state index contributed by atoms with van der Waals surface area (Å²) < 4.78 is 4.82. The first-order valence-corrected chi connectivity index (χ1v) is 3.60. The number of hydrogen-bond donors (Lipinski definition) is 1. The first-order chi connectivity index (χ1) is 5.72. The van der Waals surface area contributed by atoms with E-state index in [9.17, 15) is 0 Å². The van der Waals surface area contributed by atoms with Crippen LogP contribution in [0.15, 0.2) is 10.1 Å². The van der Waals surface area contributed by atoms with Gasteiger partial charge < -0.3 is 14.8 Å². The molecule has 0 amide bonds. The van der Waals surface area contributed by atoms with Gasteiger partial charge >= 0.3 is 0 Å². The molecule has 0 atom stereocenters. The predicted molar refractivity (Wildman–Crippen MR) is 48.1 cm³/mol. The lowest BCUT2D eigenvalue weighted by Gasteiger charge is -2.10. The molecule has 0 saturated heterocycles. The second kappa shape index (κ2) is 6.60. The van der Waals surface area contributed by atoms with E-state index in [2.05, 4.69) is 10.1 Å². The Kier molecular flexibility index (Phi) is 6.00. The molecule has 0 fully saturated rings. The molecule has 5 nitrogen and oxygen atoms in total. The number of methoxy groups -OCH3 is 1. The highest BCUT2D eigenvalue weighted by molar-refractivity contribution is 6.28. The molecular formula is C7H15N3O2. The van der Waals surface area contributed by atoms with E-state index in [-0.39, 0.29) is 0 Å². The van der Waals surface area contributed by atoms with Gasteiger partial charge in [-0.1, -0.05) is 5.16 Å². The summed E-state index contributed by atoms with van der Waals surface area (Å²) >= 11 is 0. The summed E-state index contributed by atoms with van der Waals surface area (Å²) in [5.41, 5.74) is 0. The van der Waals surface area contributed by atoms with Crippen molar-refractivity contribution in [1.82, 2.24) is 4.90 Å². The van der Waals surface area contributed by atoms with Gasteiger partial charge in [0.2, 0.25) is 0 Å². The summed E-state index contributed by atoms with van der Waals surface area (Å²) in [6.45, 7) is 1.13. The van der Waals surface area contributed by atoms with Crippen LogP contribution in [-0.4, -0.2) is 56.5 Å². The number of rotatable bonds is 4. The molecule has 0 spiro atoms. The van der Waals surface area contributed by atoms with Crippen LogP contribution in [0.3, 0.4) is 0 Å². The summed E-state index contributed by atoms with van der Waals surface area (Å²) in [6.07, 6.45) is 1.29. The summed E-state index contributed by atoms with van der Waals surface area (Å²) in [6, 6.07) is 0. The third kappa shape index (κ3) is 4.68. The molecule has 0 unspecified atom stereocenters. The summed E-state index contributed by atoms with van der Waals surface area (Å²) in [7, 11) is 5.27. The van der Waals surface area contributed by atoms with Crippen molar-refractivity contribution in [2.45, 2.75) is 0 Å². The molecule has 0 radical (unpaired) electrons. The third-order valence-electron chi connectivity index (χ3n) is 1.20. The lowest BCUT2D eigenvalue weighted by Crippen LogP contribution is -2.24. The molecule has 0 aromatic rings. The van der Waals surface area contributed by atoms with Gasteiger partial charge in [0.1, 0.15) is 12.1 Å². The Morgan fingerprint density at radius 3 is 2.67 bits per heavy atom. The van der Waals surface area contributed by atoms with Crippen molar-refractivity contribution in [3.8, 4) is 0 Å². The molecule has 0 aliphatic rings. The second-order valence-electron chi connectivity index (χ2n) is 2.37. The summed E-state index contributed by atoms with van der Waals surface area (Å²) in [4.78, 5) is 5.87. The van der Waals surface area contributed by atoms with E-state index >= 15 is 0 Å². The lowest BCUT2D eigenvalue weighted by molar-refractivity contribution is 0.208. The van der Waals surface area contributed by atoms with Crippen molar-refractivity contribution in [3.05, 3.63) is 0 Å². The monoisotopic (exact) mass is 173 g/mol. The van der Waals surface area contributed by atoms with E-state index < -0.39 is 0 Å². The highest BCUT2D eigenvalue weighted by Crippen LogP contribution is 1.82. The molecule has 0 aliphatic heterocycles. The van der Waals surface area contributed by atoms with Crippen molar-refractivity contribution in [2.75, 3.05) is 34.4 Å². The minimum Gasteiger partial charge on any atom is -0.411 e. The van der Waals surface area contributed by atoms with E-state index in [4.69, 9.17) is 9.94 Å². The molecule has 5 heteroatoms. The van der Waals surface area contributed by atoms with Crippen LogP contribution in [0, 0.1) is 0 Å². The number of hydrogen-bond acceptors (Lipinski definition) is 4. The van der Waals surface area contributed by atoms with E-state index in [1.165, 1.54) is 6.21 Å². The van der Waals surface area contributed by atoms with Crippen molar-refractivity contribution in [3.63, 3.8) is 0 Å². The summed E-state index contributed by atoms with van der Waals surface area (Å²) in [5.74, 6) is 0.620. The molecular weight excluding hydrogens is 158 g/mol. The molecule has 0 aromatic carbocycles. The van der Waals surface area contributed by atoms with Gasteiger partial charge in [0.15, 0.2) is 0 Å². The Bertz CT molecular complexity index is 166. The molecule has 70 valence electrons. The largest absolute Gasteiger partial charge is 0.411 e. The zero-order chi connectivity index (χ0) is 9.40. The van der Waals surface area contributed by atoms with Gasteiger partial charge in [-0.2, -0.15) is 0 Å². The maximum Gasteiger partial charge on any atom is 0.145 e. The zero-order valence-electron chi connectivity index (χ0n) is 7.69. The van der Waals surface area contributed by atoms with Crippen molar-refractivity contribution >= 4 is 12.1 Å². The SMILES string of the molecule is COCCN=C(/C=N/O)N(C)C. The van der Waals surface area contributed by atoms with Crippen LogP contribution in [0.2, 0.25) is 0 Å². The van der Waals surface area contributed by atoms with Gasteiger partial charge in [0.25, 0.3) is 0 Å². The van der Waals surface area contributed by atoms with E-state index in [0.29, 0.717) is 19.0 Å². The Morgan fingerprint density at radius 2 is 2.25 bits per heavy atom. The second-order valence-corrected chi connectivity index (χ2v) is 2.37.